The molecule has 2 aromatic carbocycles. The number of hydrogen-bond acceptors (Lipinski definition) is 1. The van der Waals surface area contributed by atoms with Crippen LogP contribution < -0.4 is 5.32 Å². The van der Waals surface area contributed by atoms with Crippen LogP contribution in [0.5, 0.6) is 0 Å². The Morgan fingerprint density at radius 2 is 1.95 bits per heavy atom. The van der Waals surface area contributed by atoms with Gasteiger partial charge in [-0.2, -0.15) is 0 Å². The monoisotopic (exact) mass is 349 g/mol. The normalized spacial score (nSPS) is 12.0. The number of nitrogens with one attached hydrogen (secondary N) is 1. The highest BCUT2D eigenvalue weighted by Crippen LogP contribution is 2.20. The van der Waals surface area contributed by atoms with Gasteiger partial charge in [0.1, 0.15) is 5.82 Å². The van der Waals surface area contributed by atoms with Gasteiger partial charge in [0.05, 0.1) is 10.5 Å². The number of amides is 1. The van der Waals surface area contributed by atoms with Gasteiger partial charge in [0.25, 0.3) is 5.91 Å². The fourth-order valence-electron chi connectivity index (χ4n) is 2.18. The van der Waals surface area contributed by atoms with Crippen LogP contribution in [0, 0.1) is 5.82 Å². The highest BCUT2D eigenvalue weighted by Gasteiger charge is 2.15. The smallest absolute Gasteiger partial charge is 0.251 e. The first-order valence-electron chi connectivity index (χ1n) is 6.92. The SMILES string of the molecule is CCCC(NC(=O)c1ccc(Br)c(F)c1)c1ccccc1. The molecular formula is C17H17BrFNO. The van der Waals surface area contributed by atoms with E-state index in [0.29, 0.717) is 10.0 Å². The van der Waals surface area contributed by atoms with Gasteiger partial charge in [-0.15, -0.1) is 0 Å². The van der Waals surface area contributed by atoms with E-state index < -0.39 is 5.82 Å². The molecule has 21 heavy (non-hydrogen) atoms. The first-order chi connectivity index (χ1) is 10.1. The minimum atomic E-state index is -0.436. The van der Waals surface area contributed by atoms with Crippen LogP contribution in [0.15, 0.2) is 53.0 Å². The zero-order chi connectivity index (χ0) is 15.2. The molecule has 2 nitrogen and oxygen atoms in total. The average Bonchev–Trinajstić information content (AvgIpc) is 2.50. The lowest BCUT2D eigenvalue weighted by molar-refractivity contribution is 0.0934. The van der Waals surface area contributed by atoms with Crippen LogP contribution in [0.1, 0.15) is 41.7 Å². The molecule has 0 saturated carbocycles. The summed E-state index contributed by atoms with van der Waals surface area (Å²) >= 11 is 3.08. The van der Waals surface area contributed by atoms with Crippen molar-refractivity contribution in [3.63, 3.8) is 0 Å². The van der Waals surface area contributed by atoms with Gasteiger partial charge in [-0.3, -0.25) is 4.79 Å². The molecule has 0 spiro atoms. The number of hydrogen-bond donors (Lipinski definition) is 1. The summed E-state index contributed by atoms with van der Waals surface area (Å²) in [7, 11) is 0. The summed E-state index contributed by atoms with van der Waals surface area (Å²) < 4.78 is 13.9. The van der Waals surface area contributed by atoms with Gasteiger partial charge < -0.3 is 5.32 Å². The highest BCUT2D eigenvalue weighted by molar-refractivity contribution is 9.10. The van der Waals surface area contributed by atoms with E-state index in [4.69, 9.17) is 0 Å². The zero-order valence-electron chi connectivity index (χ0n) is 11.8. The maximum atomic E-state index is 13.5. The van der Waals surface area contributed by atoms with Crippen molar-refractivity contribution < 1.29 is 9.18 Å². The van der Waals surface area contributed by atoms with Gasteiger partial charge in [-0.05, 0) is 46.1 Å². The van der Waals surface area contributed by atoms with Crippen molar-refractivity contribution >= 4 is 21.8 Å². The summed E-state index contributed by atoms with van der Waals surface area (Å²) in [5.74, 6) is -0.696. The van der Waals surface area contributed by atoms with Gasteiger partial charge in [0.15, 0.2) is 0 Å². The third kappa shape index (κ3) is 4.14. The Bertz CT molecular complexity index is 615. The molecule has 2 rings (SSSR count). The van der Waals surface area contributed by atoms with Gasteiger partial charge in [-0.1, -0.05) is 43.7 Å². The molecule has 1 N–H and O–H groups in total. The summed E-state index contributed by atoms with van der Waals surface area (Å²) in [5.41, 5.74) is 1.39. The molecule has 0 fully saturated rings. The van der Waals surface area contributed by atoms with Crippen LogP contribution in [0.3, 0.4) is 0 Å². The molecule has 0 radical (unpaired) electrons. The van der Waals surface area contributed by atoms with Crippen LogP contribution in [0.2, 0.25) is 0 Å². The summed E-state index contributed by atoms with van der Waals surface area (Å²) in [4.78, 5) is 12.3. The molecule has 0 aliphatic rings. The van der Waals surface area contributed by atoms with E-state index in [9.17, 15) is 9.18 Å². The van der Waals surface area contributed by atoms with Crippen molar-refractivity contribution in [2.45, 2.75) is 25.8 Å². The van der Waals surface area contributed by atoms with Crippen LogP contribution in [-0.4, -0.2) is 5.91 Å². The second-order valence-corrected chi connectivity index (χ2v) is 5.71. The number of benzene rings is 2. The lowest BCUT2D eigenvalue weighted by Gasteiger charge is -2.18. The summed E-state index contributed by atoms with van der Waals surface area (Å²) in [6, 6.07) is 14.2. The number of carbonyl (C=O) groups is 1. The van der Waals surface area contributed by atoms with E-state index >= 15 is 0 Å². The standard InChI is InChI=1S/C17H17BrFNO/c1-2-6-16(12-7-4-3-5-8-12)20-17(21)13-9-10-14(18)15(19)11-13/h3-5,7-11,16H,2,6H2,1H3,(H,20,21). The van der Waals surface area contributed by atoms with Crippen LogP contribution >= 0.6 is 15.9 Å². The second-order valence-electron chi connectivity index (χ2n) is 4.85. The van der Waals surface area contributed by atoms with Crippen molar-refractivity contribution in [3.05, 3.63) is 69.9 Å². The van der Waals surface area contributed by atoms with Crippen molar-refractivity contribution in [3.8, 4) is 0 Å². The number of rotatable bonds is 5. The van der Waals surface area contributed by atoms with Crippen molar-refractivity contribution in [2.75, 3.05) is 0 Å². The molecule has 0 bridgehead atoms. The van der Waals surface area contributed by atoms with Crippen LogP contribution in [0.4, 0.5) is 4.39 Å². The minimum Gasteiger partial charge on any atom is -0.345 e. The van der Waals surface area contributed by atoms with Gasteiger partial charge in [-0.25, -0.2) is 4.39 Å². The highest BCUT2D eigenvalue weighted by atomic mass is 79.9. The molecular weight excluding hydrogens is 333 g/mol. The van der Waals surface area contributed by atoms with E-state index in [1.54, 1.807) is 12.1 Å². The van der Waals surface area contributed by atoms with E-state index in [1.165, 1.54) is 6.07 Å². The van der Waals surface area contributed by atoms with Gasteiger partial charge in [0.2, 0.25) is 0 Å². The van der Waals surface area contributed by atoms with E-state index in [-0.39, 0.29) is 11.9 Å². The quantitative estimate of drug-likeness (QED) is 0.820. The Kier molecular flexibility index (Phi) is 5.51. The Morgan fingerprint density at radius 1 is 1.24 bits per heavy atom. The van der Waals surface area contributed by atoms with Crippen molar-refractivity contribution in [1.82, 2.24) is 5.32 Å². The van der Waals surface area contributed by atoms with Crippen molar-refractivity contribution in [2.24, 2.45) is 0 Å². The maximum absolute atomic E-state index is 13.5. The maximum Gasteiger partial charge on any atom is 0.251 e. The molecule has 0 heterocycles. The average molecular weight is 350 g/mol. The topological polar surface area (TPSA) is 29.1 Å². The molecule has 110 valence electrons. The first-order valence-corrected chi connectivity index (χ1v) is 7.72. The molecule has 4 heteroatoms. The number of halogens is 2. The van der Waals surface area contributed by atoms with E-state index in [2.05, 4.69) is 28.2 Å². The zero-order valence-corrected chi connectivity index (χ0v) is 13.4. The fraction of sp³-hybridized carbons (Fsp3) is 0.235. The molecule has 0 aromatic heterocycles. The fourth-order valence-corrected chi connectivity index (χ4v) is 2.42. The lowest BCUT2D eigenvalue weighted by Crippen LogP contribution is -2.28. The largest absolute Gasteiger partial charge is 0.345 e. The third-order valence-electron chi connectivity index (χ3n) is 3.27. The molecule has 1 unspecified atom stereocenters. The summed E-state index contributed by atoms with van der Waals surface area (Å²) in [6.45, 7) is 2.07. The molecule has 1 atom stereocenters. The minimum absolute atomic E-state index is 0.0598. The van der Waals surface area contributed by atoms with Crippen LogP contribution in [-0.2, 0) is 0 Å². The Labute approximate surface area is 132 Å². The summed E-state index contributed by atoms with van der Waals surface area (Å²) in [6.07, 6.45) is 1.79. The Morgan fingerprint density at radius 3 is 2.57 bits per heavy atom. The molecule has 2 aromatic rings. The van der Waals surface area contributed by atoms with E-state index in [0.717, 1.165) is 18.4 Å². The predicted molar refractivity (Wildman–Crippen MR) is 85.7 cm³/mol. The third-order valence-corrected chi connectivity index (χ3v) is 3.91. The molecule has 0 aliphatic carbocycles. The van der Waals surface area contributed by atoms with Gasteiger partial charge >= 0.3 is 0 Å². The Balaban J connectivity index is 2.16. The summed E-state index contributed by atoms with van der Waals surface area (Å²) in [5, 5.41) is 2.98. The second kappa shape index (κ2) is 7.36. The molecule has 0 saturated heterocycles. The van der Waals surface area contributed by atoms with Crippen LogP contribution in [0.25, 0.3) is 0 Å². The molecule has 0 aliphatic heterocycles. The number of carbonyl (C=O) groups excluding carboxylic acids is 1. The van der Waals surface area contributed by atoms with Gasteiger partial charge in [0, 0.05) is 5.56 Å². The van der Waals surface area contributed by atoms with Crippen molar-refractivity contribution in [1.29, 1.82) is 0 Å². The lowest BCUT2D eigenvalue weighted by atomic mass is 10.0. The predicted octanol–water partition coefficient (Wildman–Crippen LogP) is 4.86. The Hall–Kier alpha value is -1.68. The molecule has 1 amide bonds. The van der Waals surface area contributed by atoms with E-state index in [1.807, 2.05) is 30.3 Å². The first kappa shape index (κ1) is 15.7.